The Balaban J connectivity index is 1.70. The maximum atomic E-state index is 15.3. The third-order valence-corrected chi connectivity index (χ3v) is 6.93. The van der Waals surface area contributed by atoms with Crippen molar-refractivity contribution in [3.8, 4) is 11.1 Å². The number of likely N-dealkylation sites (tertiary alicyclic amines) is 1. The lowest BCUT2D eigenvalue weighted by Crippen LogP contribution is -2.37. The summed E-state index contributed by atoms with van der Waals surface area (Å²) in [5, 5.41) is 5.96. The molecule has 2 N–H and O–H groups in total. The smallest absolute Gasteiger partial charge is 0.266 e. The van der Waals surface area contributed by atoms with Gasteiger partial charge in [0.05, 0.1) is 22.9 Å². The molecular weight excluding hydrogens is 500 g/mol. The second kappa shape index (κ2) is 11.4. The number of hydrogen-bond donors (Lipinski definition) is 2. The number of aromatic nitrogens is 1. The highest BCUT2D eigenvalue weighted by atomic mass is 19.3. The number of rotatable bonds is 7. The van der Waals surface area contributed by atoms with Crippen LogP contribution in [-0.2, 0) is 7.05 Å². The van der Waals surface area contributed by atoms with Crippen LogP contribution in [0.5, 0.6) is 0 Å². The lowest BCUT2D eigenvalue weighted by atomic mass is 9.99. The van der Waals surface area contributed by atoms with E-state index in [1.807, 2.05) is 7.05 Å². The van der Waals surface area contributed by atoms with Crippen molar-refractivity contribution in [2.24, 2.45) is 7.05 Å². The number of aryl methyl sites for hydroxylation is 1. The maximum absolute atomic E-state index is 15.3. The van der Waals surface area contributed by atoms with E-state index < -0.39 is 35.6 Å². The fourth-order valence-corrected chi connectivity index (χ4v) is 4.65. The second-order valence-corrected chi connectivity index (χ2v) is 9.71. The van der Waals surface area contributed by atoms with Gasteiger partial charge in [0.25, 0.3) is 12.3 Å². The molecule has 1 fully saturated rings. The number of alkyl halides is 2. The molecule has 3 aromatic rings. The zero-order chi connectivity index (χ0) is 27.6. The Morgan fingerprint density at radius 1 is 1.03 bits per heavy atom. The number of piperidine rings is 1. The molecule has 4 rings (SSSR count). The highest BCUT2D eigenvalue weighted by Crippen LogP contribution is 2.31. The van der Waals surface area contributed by atoms with Crippen molar-refractivity contribution in [1.82, 2.24) is 14.8 Å². The molecule has 38 heavy (non-hydrogen) atoms. The van der Waals surface area contributed by atoms with Crippen molar-refractivity contribution in [3.05, 3.63) is 87.3 Å². The number of carbonyl (C=O) groups is 1. The fraction of sp³-hybridized carbons (Fsp3) is 0.357. The molecule has 0 unspecified atom stereocenters. The second-order valence-electron chi connectivity index (χ2n) is 9.71. The van der Waals surface area contributed by atoms with Gasteiger partial charge in [-0.25, -0.2) is 17.6 Å². The first-order valence-electron chi connectivity index (χ1n) is 12.4. The Morgan fingerprint density at radius 2 is 1.71 bits per heavy atom. The summed E-state index contributed by atoms with van der Waals surface area (Å²) in [5.41, 5.74) is -0.196. The summed E-state index contributed by atoms with van der Waals surface area (Å²) in [6.45, 7) is 3.18. The Morgan fingerprint density at radius 3 is 2.37 bits per heavy atom. The molecule has 0 aliphatic carbocycles. The van der Waals surface area contributed by atoms with Crippen molar-refractivity contribution in [3.63, 3.8) is 0 Å². The Kier molecular flexibility index (Phi) is 8.20. The average Bonchev–Trinajstić information content (AvgIpc) is 2.87. The summed E-state index contributed by atoms with van der Waals surface area (Å²) >= 11 is 0. The number of amides is 1. The van der Waals surface area contributed by atoms with Crippen LogP contribution in [0.2, 0.25) is 0 Å². The molecule has 1 amide bonds. The van der Waals surface area contributed by atoms with Gasteiger partial charge in [0.1, 0.15) is 11.6 Å². The number of halogens is 4. The number of hydrogen-bond acceptors (Lipinski definition) is 4. The molecule has 1 aromatic heterocycles. The first kappa shape index (κ1) is 27.4. The van der Waals surface area contributed by atoms with Gasteiger partial charge in [-0.05, 0) is 58.1 Å². The minimum absolute atomic E-state index is 0.0122. The third kappa shape index (κ3) is 5.91. The Hall–Kier alpha value is -3.66. The van der Waals surface area contributed by atoms with Crippen LogP contribution in [0.15, 0.2) is 53.5 Å². The zero-order valence-corrected chi connectivity index (χ0v) is 21.4. The minimum atomic E-state index is -3.00. The van der Waals surface area contributed by atoms with Crippen molar-refractivity contribution in [2.45, 2.75) is 38.3 Å². The number of carbonyl (C=O) groups excluding carboxylic acids is 1. The average molecular weight is 531 g/mol. The van der Waals surface area contributed by atoms with E-state index in [4.69, 9.17) is 0 Å². The Bertz CT molecular complexity index is 1380. The normalized spacial score (nSPS) is 15.5. The minimum Gasteiger partial charge on any atom is -0.381 e. The molecule has 10 heteroatoms. The molecule has 0 spiro atoms. The number of anilines is 1. The molecule has 6 nitrogen and oxygen atoms in total. The van der Waals surface area contributed by atoms with E-state index >= 15 is 4.39 Å². The van der Waals surface area contributed by atoms with Gasteiger partial charge >= 0.3 is 0 Å². The lowest BCUT2D eigenvalue weighted by molar-refractivity contribution is 0.0940. The molecule has 1 saturated heterocycles. The first-order chi connectivity index (χ1) is 18.0. The summed E-state index contributed by atoms with van der Waals surface area (Å²) in [5.74, 6) is -2.29. The van der Waals surface area contributed by atoms with Crippen LogP contribution in [0.25, 0.3) is 11.1 Å². The van der Waals surface area contributed by atoms with Crippen LogP contribution >= 0.6 is 0 Å². The topological polar surface area (TPSA) is 66.4 Å². The summed E-state index contributed by atoms with van der Waals surface area (Å²) < 4.78 is 57.8. The van der Waals surface area contributed by atoms with Gasteiger partial charge in [-0.2, -0.15) is 0 Å². The van der Waals surface area contributed by atoms with Crippen LogP contribution in [0.1, 0.15) is 53.7 Å². The van der Waals surface area contributed by atoms with E-state index in [2.05, 4.69) is 15.5 Å². The first-order valence-corrected chi connectivity index (χ1v) is 12.4. The van der Waals surface area contributed by atoms with Gasteiger partial charge in [-0.3, -0.25) is 9.59 Å². The highest BCUT2D eigenvalue weighted by Gasteiger charge is 2.25. The van der Waals surface area contributed by atoms with Crippen LogP contribution in [0.4, 0.5) is 23.2 Å². The fourth-order valence-electron chi connectivity index (χ4n) is 4.65. The van der Waals surface area contributed by atoms with E-state index in [-0.39, 0.29) is 34.0 Å². The lowest BCUT2D eigenvalue weighted by Gasteiger charge is -2.31. The van der Waals surface area contributed by atoms with Crippen molar-refractivity contribution < 1.29 is 22.4 Å². The van der Waals surface area contributed by atoms with Gasteiger partial charge in [0.15, 0.2) is 0 Å². The van der Waals surface area contributed by atoms with Crippen LogP contribution < -0.4 is 16.2 Å². The standard InChI is InChI=1S/C28H30F4N4O2/c1-16(19-5-4-6-20(26(19)30)27(31)32)33-28(38)22-13-21(17-7-8-25(37)36(3)15-17)23(29)14-24(22)34-18-9-11-35(2)12-10-18/h4-8,13-16,18,27,34H,9-12H2,1-3H3,(H,33,38)/t16-/m1/s1. The third-order valence-electron chi connectivity index (χ3n) is 6.93. The van der Waals surface area contributed by atoms with Crippen LogP contribution in [-0.4, -0.2) is 41.6 Å². The molecule has 1 aliphatic rings. The largest absolute Gasteiger partial charge is 0.381 e. The van der Waals surface area contributed by atoms with Crippen LogP contribution in [0, 0.1) is 11.6 Å². The van der Waals surface area contributed by atoms with Gasteiger partial charge in [0.2, 0.25) is 5.56 Å². The van der Waals surface area contributed by atoms with E-state index in [0.717, 1.165) is 32.0 Å². The molecule has 1 aliphatic heterocycles. The van der Waals surface area contributed by atoms with Crippen LogP contribution in [0.3, 0.4) is 0 Å². The summed E-state index contributed by atoms with van der Waals surface area (Å²) in [6.07, 6.45) is 0.0677. The van der Waals surface area contributed by atoms with Crippen molar-refractivity contribution in [2.75, 3.05) is 25.5 Å². The summed E-state index contributed by atoms with van der Waals surface area (Å²) in [7, 11) is 3.55. The van der Waals surface area contributed by atoms with E-state index in [1.54, 1.807) is 0 Å². The molecule has 1 atom stereocenters. The quantitative estimate of drug-likeness (QED) is 0.409. The molecule has 0 bridgehead atoms. The number of nitrogens with one attached hydrogen (secondary N) is 2. The molecule has 202 valence electrons. The predicted octanol–water partition coefficient (Wildman–Crippen LogP) is 5.27. The monoisotopic (exact) mass is 530 g/mol. The Labute approximate surface area is 218 Å². The predicted molar refractivity (Wildman–Crippen MR) is 138 cm³/mol. The van der Waals surface area contributed by atoms with Crippen molar-refractivity contribution in [1.29, 1.82) is 0 Å². The molecular formula is C28H30F4N4O2. The van der Waals surface area contributed by atoms with Crippen molar-refractivity contribution >= 4 is 11.6 Å². The summed E-state index contributed by atoms with van der Waals surface area (Å²) in [4.78, 5) is 27.5. The van der Waals surface area contributed by atoms with E-state index in [0.29, 0.717) is 5.56 Å². The maximum Gasteiger partial charge on any atom is 0.266 e. The molecule has 0 radical (unpaired) electrons. The highest BCUT2D eigenvalue weighted by molar-refractivity contribution is 6.01. The van der Waals surface area contributed by atoms with Gasteiger partial charge in [-0.1, -0.05) is 18.2 Å². The van der Waals surface area contributed by atoms with E-state index in [1.165, 1.54) is 61.1 Å². The molecule has 0 saturated carbocycles. The SMILES string of the molecule is C[C@@H](NC(=O)c1cc(-c2ccc(=O)n(C)c2)c(F)cc1NC1CCN(C)CC1)c1cccc(C(F)F)c1F. The van der Waals surface area contributed by atoms with Gasteiger partial charge < -0.3 is 20.1 Å². The summed E-state index contributed by atoms with van der Waals surface area (Å²) in [6, 6.07) is 8.13. The van der Waals surface area contributed by atoms with Gasteiger partial charge in [-0.15, -0.1) is 0 Å². The number of pyridine rings is 1. The van der Waals surface area contributed by atoms with Gasteiger partial charge in [0, 0.05) is 42.0 Å². The molecule has 2 aromatic carbocycles. The molecule has 2 heterocycles. The zero-order valence-electron chi connectivity index (χ0n) is 21.4. The number of nitrogens with zero attached hydrogens (tertiary/aromatic N) is 2. The number of benzene rings is 2. The van der Waals surface area contributed by atoms with E-state index in [9.17, 15) is 22.8 Å².